The number of carbonyl (C=O) groups is 1. The van der Waals surface area contributed by atoms with Crippen LogP contribution < -0.4 is 5.32 Å². The summed E-state index contributed by atoms with van der Waals surface area (Å²) in [7, 11) is 0. The first-order valence-electron chi connectivity index (χ1n) is 4.32. The van der Waals surface area contributed by atoms with Crippen LogP contribution in [0.25, 0.3) is 10.4 Å². The Kier molecular flexibility index (Phi) is 3.79. The van der Waals surface area contributed by atoms with Crippen molar-refractivity contribution >= 4 is 5.91 Å². The van der Waals surface area contributed by atoms with Gasteiger partial charge in [-0.25, -0.2) is 0 Å². The Bertz CT molecular complexity index is 415. The molecule has 0 aliphatic rings. The maximum Gasteiger partial charge on any atom is 0.401 e. The third kappa shape index (κ3) is 3.21. The Balaban J connectivity index is 2.57. The van der Waals surface area contributed by atoms with E-state index in [4.69, 9.17) is 5.53 Å². The standard InChI is InChI=1S/C9H8F2N4O/c10-9(11,14-15-12)8(16)13-6-7-4-2-1-3-5-7/h1-5H,6H2,(H,13,16). The van der Waals surface area contributed by atoms with Gasteiger partial charge < -0.3 is 5.32 Å². The molecule has 0 aliphatic heterocycles. The zero-order chi connectivity index (χ0) is 12.0. The van der Waals surface area contributed by atoms with Crippen molar-refractivity contribution in [3.63, 3.8) is 0 Å². The Labute approximate surface area is 89.7 Å². The fourth-order valence-corrected chi connectivity index (χ4v) is 0.986. The highest BCUT2D eigenvalue weighted by atomic mass is 19.3. The lowest BCUT2D eigenvalue weighted by atomic mass is 10.2. The summed E-state index contributed by atoms with van der Waals surface area (Å²) >= 11 is 0. The predicted molar refractivity (Wildman–Crippen MR) is 52.4 cm³/mol. The molecule has 0 unspecified atom stereocenters. The van der Waals surface area contributed by atoms with Gasteiger partial charge in [0.05, 0.1) is 0 Å². The van der Waals surface area contributed by atoms with E-state index >= 15 is 0 Å². The van der Waals surface area contributed by atoms with Crippen LogP contribution in [0.1, 0.15) is 5.56 Å². The molecule has 1 amide bonds. The summed E-state index contributed by atoms with van der Waals surface area (Å²) in [4.78, 5) is 12.8. The van der Waals surface area contributed by atoms with Gasteiger partial charge in [0.1, 0.15) is 0 Å². The van der Waals surface area contributed by atoms with Crippen LogP contribution in [0.5, 0.6) is 0 Å². The van der Waals surface area contributed by atoms with Crippen molar-refractivity contribution in [3.8, 4) is 0 Å². The molecule has 0 aliphatic carbocycles. The number of nitrogens with one attached hydrogen (secondary N) is 1. The molecule has 0 heterocycles. The molecule has 0 radical (unpaired) electrons. The van der Waals surface area contributed by atoms with Crippen molar-refractivity contribution in [2.75, 3.05) is 0 Å². The van der Waals surface area contributed by atoms with E-state index in [1.165, 1.54) is 0 Å². The monoisotopic (exact) mass is 226 g/mol. The second-order valence-corrected chi connectivity index (χ2v) is 2.90. The van der Waals surface area contributed by atoms with Crippen molar-refractivity contribution in [1.82, 2.24) is 5.32 Å². The average molecular weight is 226 g/mol. The van der Waals surface area contributed by atoms with Gasteiger partial charge in [-0.1, -0.05) is 30.3 Å². The van der Waals surface area contributed by atoms with Crippen LogP contribution in [0.15, 0.2) is 35.4 Å². The van der Waals surface area contributed by atoms with Gasteiger partial charge in [-0.15, -0.1) is 0 Å². The van der Waals surface area contributed by atoms with E-state index in [-0.39, 0.29) is 6.54 Å². The van der Waals surface area contributed by atoms with Gasteiger partial charge in [-0.3, -0.25) is 4.79 Å². The molecule has 0 fully saturated rings. The number of benzene rings is 1. The first-order valence-corrected chi connectivity index (χ1v) is 4.32. The summed E-state index contributed by atoms with van der Waals surface area (Å²) in [6.07, 6.45) is 0. The molecule has 0 aromatic heterocycles. The van der Waals surface area contributed by atoms with E-state index in [1.54, 1.807) is 30.3 Å². The molecule has 1 aromatic rings. The second kappa shape index (κ2) is 5.09. The van der Waals surface area contributed by atoms with Crippen LogP contribution >= 0.6 is 0 Å². The third-order valence-corrected chi connectivity index (χ3v) is 1.74. The van der Waals surface area contributed by atoms with Crippen LogP contribution in [-0.2, 0) is 11.3 Å². The fourth-order valence-electron chi connectivity index (χ4n) is 0.986. The van der Waals surface area contributed by atoms with Crippen LogP contribution in [0.3, 0.4) is 0 Å². The zero-order valence-electron chi connectivity index (χ0n) is 8.10. The Morgan fingerprint density at radius 2 is 2.06 bits per heavy atom. The lowest BCUT2D eigenvalue weighted by molar-refractivity contribution is -0.144. The number of nitrogens with zero attached hydrogens (tertiary/aromatic N) is 3. The maximum absolute atomic E-state index is 12.7. The van der Waals surface area contributed by atoms with E-state index < -0.39 is 12.0 Å². The van der Waals surface area contributed by atoms with E-state index in [0.717, 1.165) is 0 Å². The fraction of sp³-hybridized carbons (Fsp3) is 0.222. The quantitative estimate of drug-likeness (QED) is 0.363. The summed E-state index contributed by atoms with van der Waals surface area (Å²) in [6.45, 7) is -0.0454. The molecule has 0 bridgehead atoms. The lowest BCUT2D eigenvalue weighted by Gasteiger charge is -2.10. The molecule has 7 heteroatoms. The third-order valence-electron chi connectivity index (χ3n) is 1.74. The Hall–Kier alpha value is -2.14. The highest BCUT2D eigenvalue weighted by molar-refractivity contribution is 5.82. The average Bonchev–Trinajstić information content (AvgIpc) is 2.27. The number of rotatable bonds is 4. The molecule has 84 valence electrons. The summed E-state index contributed by atoms with van der Waals surface area (Å²) < 4.78 is 25.4. The van der Waals surface area contributed by atoms with Gasteiger partial charge in [0.15, 0.2) is 0 Å². The molecule has 5 nitrogen and oxygen atoms in total. The van der Waals surface area contributed by atoms with Crippen LogP contribution in [0.2, 0.25) is 0 Å². The zero-order valence-corrected chi connectivity index (χ0v) is 8.10. The molecule has 0 spiro atoms. The molecule has 0 saturated heterocycles. The molecule has 1 aromatic carbocycles. The topological polar surface area (TPSA) is 77.9 Å². The normalized spacial score (nSPS) is 10.4. The van der Waals surface area contributed by atoms with Crippen LogP contribution in [-0.4, -0.2) is 12.0 Å². The van der Waals surface area contributed by atoms with Crippen molar-refractivity contribution in [2.45, 2.75) is 12.6 Å². The largest absolute Gasteiger partial charge is 0.401 e. The summed E-state index contributed by atoms with van der Waals surface area (Å²) in [6, 6.07) is 4.49. The minimum absolute atomic E-state index is 0.0454. The molecular weight excluding hydrogens is 218 g/mol. The maximum atomic E-state index is 12.7. The number of azide groups is 1. The van der Waals surface area contributed by atoms with E-state index in [9.17, 15) is 13.6 Å². The molecule has 1 rings (SSSR count). The molecule has 0 atom stereocenters. The van der Waals surface area contributed by atoms with Gasteiger partial charge in [-0.2, -0.15) is 8.78 Å². The number of alkyl halides is 2. The lowest BCUT2D eigenvalue weighted by Crippen LogP contribution is -2.37. The molecule has 16 heavy (non-hydrogen) atoms. The minimum Gasteiger partial charge on any atom is -0.347 e. The first-order chi connectivity index (χ1) is 7.56. The number of halogens is 2. The number of carbonyl (C=O) groups excluding carboxylic acids is 1. The summed E-state index contributed by atoms with van der Waals surface area (Å²) in [5, 5.41) is 4.07. The minimum atomic E-state index is -4.05. The number of amides is 1. The van der Waals surface area contributed by atoms with Crippen molar-refractivity contribution in [1.29, 1.82) is 0 Å². The molecule has 0 saturated carbocycles. The van der Waals surface area contributed by atoms with Crippen molar-refractivity contribution < 1.29 is 13.6 Å². The first kappa shape index (κ1) is 11.9. The molecule has 1 N–H and O–H groups in total. The van der Waals surface area contributed by atoms with E-state index in [2.05, 4.69) is 5.11 Å². The Morgan fingerprint density at radius 1 is 1.44 bits per heavy atom. The van der Waals surface area contributed by atoms with Crippen LogP contribution in [0.4, 0.5) is 8.78 Å². The van der Waals surface area contributed by atoms with Gasteiger partial charge in [-0.05, 0) is 16.2 Å². The summed E-state index contributed by atoms with van der Waals surface area (Å²) in [5.41, 5.74) is 8.51. The predicted octanol–water partition coefficient (Wildman–Crippen LogP) is 2.21. The second-order valence-electron chi connectivity index (χ2n) is 2.90. The van der Waals surface area contributed by atoms with Crippen molar-refractivity contribution in [2.24, 2.45) is 5.11 Å². The Morgan fingerprint density at radius 3 is 2.62 bits per heavy atom. The molecular formula is C9H8F2N4O. The highest BCUT2D eigenvalue weighted by Gasteiger charge is 2.37. The van der Waals surface area contributed by atoms with Gasteiger partial charge in [0.25, 0.3) is 5.91 Å². The van der Waals surface area contributed by atoms with E-state index in [1.807, 2.05) is 10.2 Å². The van der Waals surface area contributed by atoms with Gasteiger partial charge in [0.2, 0.25) is 0 Å². The number of hydrogen-bond acceptors (Lipinski definition) is 2. The van der Waals surface area contributed by atoms with Gasteiger partial charge in [0, 0.05) is 11.5 Å². The van der Waals surface area contributed by atoms with E-state index in [0.29, 0.717) is 5.56 Å². The smallest absolute Gasteiger partial charge is 0.347 e. The summed E-state index contributed by atoms with van der Waals surface area (Å²) in [5.74, 6) is -1.62. The van der Waals surface area contributed by atoms with Crippen LogP contribution in [0, 0.1) is 0 Å². The highest BCUT2D eigenvalue weighted by Crippen LogP contribution is 2.15. The SMILES string of the molecule is [N-]=[N+]=NC(F)(F)C(=O)NCc1ccccc1. The number of hydrogen-bond donors (Lipinski definition) is 1. The van der Waals surface area contributed by atoms with Crippen molar-refractivity contribution in [3.05, 3.63) is 46.3 Å². The van der Waals surface area contributed by atoms with Gasteiger partial charge >= 0.3 is 6.05 Å².